The Morgan fingerprint density at radius 1 is 1.04 bits per heavy atom. The molecule has 0 fully saturated rings. The van der Waals surface area contributed by atoms with Crippen molar-refractivity contribution in [2.45, 2.75) is 78.6 Å². The van der Waals surface area contributed by atoms with Crippen LogP contribution in [0.25, 0.3) is 5.57 Å². The fourth-order valence-corrected chi connectivity index (χ4v) is 3.53. The van der Waals surface area contributed by atoms with Gasteiger partial charge in [-0.05, 0) is 29.5 Å². The smallest absolute Gasteiger partial charge is 0.310 e. The molecule has 0 heterocycles. The Bertz CT molecular complexity index is 686. The maximum atomic E-state index is 13.2. The predicted octanol–water partition coefficient (Wildman–Crippen LogP) is 6.22. The molecule has 0 atom stereocenters. The molecule has 0 N–H and O–H groups in total. The van der Waals surface area contributed by atoms with Crippen molar-refractivity contribution in [1.82, 2.24) is 0 Å². The molecule has 0 aromatic heterocycles. The molecule has 3 nitrogen and oxygen atoms in total. The zero-order valence-electron chi connectivity index (χ0n) is 16.8. The SMILES string of the molecule is CCCCCCCCC(=O)OC1=C(c2ccc(F)cc2)C(=O)CC(C)(C)C1. The number of hydrogen-bond donors (Lipinski definition) is 0. The van der Waals surface area contributed by atoms with Crippen LogP contribution in [0.2, 0.25) is 0 Å². The number of ketones is 1. The van der Waals surface area contributed by atoms with Crippen LogP contribution in [-0.2, 0) is 14.3 Å². The second-order valence-electron chi connectivity index (χ2n) is 8.24. The summed E-state index contributed by atoms with van der Waals surface area (Å²) in [5.41, 5.74) is 0.779. The largest absolute Gasteiger partial charge is 0.430 e. The van der Waals surface area contributed by atoms with Crippen LogP contribution in [0.5, 0.6) is 0 Å². The van der Waals surface area contributed by atoms with E-state index in [1.807, 2.05) is 13.8 Å². The lowest BCUT2D eigenvalue weighted by atomic mass is 9.75. The third-order valence-electron chi connectivity index (χ3n) is 4.94. The first-order valence-electron chi connectivity index (χ1n) is 10.1. The third kappa shape index (κ3) is 6.60. The normalized spacial score (nSPS) is 16.5. The van der Waals surface area contributed by atoms with Crippen molar-refractivity contribution in [3.8, 4) is 0 Å². The molecule has 1 aliphatic carbocycles. The maximum absolute atomic E-state index is 13.2. The minimum atomic E-state index is -0.357. The number of esters is 1. The third-order valence-corrected chi connectivity index (χ3v) is 4.94. The summed E-state index contributed by atoms with van der Waals surface area (Å²) < 4.78 is 18.9. The lowest BCUT2D eigenvalue weighted by molar-refractivity contribution is -0.140. The molecule has 4 heteroatoms. The molecular weight excluding hydrogens is 343 g/mol. The summed E-state index contributed by atoms with van der Waals surface area (Å²) in [6, 6.07) is 5.79. The van der Waals surface area contributed by atoms with Crippen LogP contribution < -0.4 is 0 Å². The van der Waals surface area contributed by atoms with E-state index in [4.69, 9.17) is 4.74 Å². The number of carbonyl (C=O) groups is 2. The Kier molecular flexibility index (Phi) is 7.76. The standard InChI is InChI=1S/C23H31FO3/c1-4-5-6-7-8-9-10-21(26)27-20-16-23(2,3)15-19(25)22(20)17-11-13-18(24)14-12-17/h11-14H,4-10,15-16H2,1-3H3. The molecule has 148 valence electrons. The Balaban J connectivity index is 2.08. The van der Waals surface area contributed by atoms with Crippen molar-refractivity contribution in [3.05, 3.63) is 41.4 Å². The van der Waals surface area contributed by atoms with Crippen molar-refractivity contribution < 1.29 is 18.7 Å². The Morgan fingerprint density at radius 3 is 2.33 bits per heavy atom. The lowest BCUT2D eigenvalue weighted by Gasteiger charge is -2.31. The highest BCUT2D eigenvalue weighted by atomic mass is 19.1. The number of unbranched alkanes of at least 4 members (excludes halogenated alkanes) is 5. The van der Waals surface area contributed by atoms with Crippen LogP contribution in [0.3, 0.4) is 0 Å². The average Bonchev–Trinajstić information content (AvgIpc) is 2.58. The van der Waals surface area contributed by atoms with E-state index in [0.29, 0.717) is 36.2 Å². The minimum Gasteiger partial charge on any atom is -0.430 e. The van der Waals surface area contributed by atoms with Crippen molar-refractivity contribution in [3.63, 3.8) is 0 Å². The monoisotopic (exact) mass is 374 g/mol. The number of halogens is 1. The summed E-state index contributed by atoms with van der Waals surface area (Å²) in [7, 11) is 0. The van der Waals surface area contributed by atoms with Gasteiger partial charge < -0.3 is 4.74 Å². The van der Waals surface area contributed by atoms with E-state index < -0.39 is 0 Å². The fraction of sp³-hybridized carbons (Fsp3) is 0.565. The number of carbonyl (C=O) groups excluding carboxylic acids is 2. The number of ether oxygens (including phenoxy) is 1. The van der Waals surface area contributed by atoms with E-state index >= 15 is 0 Å². The molecule has 0 radical (unpaired) electrons. The van der Waals surface area contributed by atoms with Crippen LogP contribution in [-0.4, -0.2) is 11.8 Å². The van der Waals surface area contributed by atoms with Gasteiger partial charge in [-0.2, -0.15) is 0 Å². The van der Waals surface area contributed by atoms with Crippen LogP contribution in [0, 0.1) is 11.2 Å². The number of rotatable bonds is 9. The molecular formula is C23H31FO3. The van der Waals surface area contributed by atoms with Crippen molar-refractivity contribution >= 4 is 17.3 Å². The van der Waals surface area contributed by atoms with Gasteiger partial charge in [0.05, 0.1) is 5.57 Å². The van der Waals surface area contributed by atoms with Crippen molar-refractivity contribution in [2.24, 2.45) is 5.41 Å². The minimum absolute atomic E-state index is 0.0553. The van der Waals surface area contributed by atoms with Crippen LogP contribution in [0.1, 0.15) is 84.1 Å². The van der Waals surface area contributed by atoms with Gasteiger partial charge in [0.15, 0.2) is 5.78 Å². The first kappa shape index (κ1) is 21.3. The van der Waals surface area contributed by atoms with Crippen LogP contribution in [0.15, 0.2) is 30.0 Å². The number of hydrogen-bond acceptors (Lipinski definition) is 3. The molecule has 1 aliphatic rings. The molecule has 0 amide bonds. The number of allylic oxidation sites excluding steroid dienone is 2. The molecule has 27 heavy (non-hydrogen) atoms. The van der Waals surface area contributed by atoms with Gasteiger partial charge in [-0.15, -0.1) is 0 Å². The summed E-state index contributed by atoms with van der Waals surface area (Å²) >= 11 is 0. The molecule has 1 aromatic rings. The molecule has 0 aliphatic heterocycles. The summed E-state index contributed by atoms with van der Waals surface area (Å²) in [5, 5.41) is 0. The molecule has 1 aromatic carbocycles. The number of Topliss-reactive ketones (excluding diaryl/α,β-unsaturated/α-hetero) is 1. The fourth-order valence-electron chi connectivity index (χ4n) is 3.53. The van der Waals surface area contributed by atoms with E-state index in [-0.39, 0.29) is 23.0 Å². The summed E-state index contributed by atoms with van der Waals surface area (Å²) in [6.07, 6.45) is 7.86. The van der Waals surface area contributed by atoms with Gasteiger partial charge in [-0.1, -0.05) is 65.0 Å². The molecule has 0 saturated heterocycles. The quantitative estimate of drug-likeness (QED) is 0.381. The lowest BCUT2D eigenvalue weighted by Crippen LogP contribution is -2.27. The topological polar surface area (TPSA) is 43.4 Å². The van der Waals surface area contributed by atoms with Gasteiger partial charge >= 0.3 is 5.97 Å². The zero-order chi connectivity index (χ0) is 19.9. The van der Waals surface area contributed by atoms with E-state index in [9.17, 15) is 14.0 Å². The average molecular weight is 374 g/mol. The second-order valence-corrected chi connectivity index (χ2v) is 8.24. The highest BCUT2D eigenvalue weighted by Crippen LogP contribution is 2.41. The second kappa shape index (κ2) is 9.82. The molecule has 0 unspecified atom stereocenters. The Labute approximate surface area is 162 Å². The molecule has 0 bridgehead atoms. The van der Waals surface area contributed by atoms with E-state index in [1.165, 1.54) is 31.4 Å². The molecule has 0 saturated carbocycles. The summed E-state index contributed by atoms with van der Waals surface area (Å²) in [4.78, 5) is 25.0. The van der Waals surface area contributed by atoms with Crippen molar-refractivity contribution in [1.29, 1.82) is 0 Å². The van der Waals surface area contributed by atoms with E-state index in [1.54, 1.807) is 12.1 Å². The number of benzene rings is 1. The Morgan fingerprint density at radius 2 is 1.67 bits per heavy atom. The van der Waals surface area contributed by atoms with Crippen LogP contribution in [0.4, 0.5) is 4.39 Å². The zero-order valence-corrected chi connectivity index (χ0v) is 16.8. The highest BCUT2D eigenvalue weighted by molar-refractivity contribution is 6.22. The molecule has 0 spiro atoms. The first-order chi connectivity index (χ1) is 12.8. The van der Waals surface area contributed by atoms with Crippen LogP contribution >= 0.6 is 0 Å². The van der Waals surface area contributed by atoms with Gasteiger partial charge in [-0.3, -0.25) is 9.59 Å². The van der Waals surface area contributed by atoms with Gasteiger partial charge in [0.2, 0.25) is 0 Å². The first-order valence-corrected chi connectivity index (χ1v) is 10.1. The predicted molar refractivity (Wildman–Crippen MR) is 105 cm³/mol. The van der Waals surface area contributed by atoms with Gasteiger partial charge in [0, 0.05) is 19.3 Å². The van der Waals surface area contributed by atoms with Crippen molar-refractivity contribution in [2.75, 3.05) is 0 Å². The maximum Gasteiger partial charge on any atom is 0.310 e. The highest BCUT2D eigenvalue weighted by Gasteiger charge is 2.35. The Hall–Kier alpha value is -1.97. The van der Waals surface area contributed by atoms with Gasteiger partial charge in [0.1, 0.15) is 11.6 Å². The summed E-state index contributed by atoms with van der Waals surface area (Å²) in [6.45, 7) is 6.17. The van der Waals surface area contributed by atoms with Gasteiger partial charge in [0.25, 0.3) is 0 Å². The van der Waals surface area contributed by atoms with E-state index in [2.05, 4.69) is 6.92 Å². The molecule has 2 rings (SSSR count). The van der Waals surface area contributed by atoms with Gasteiger partial charge in [-0.25, -0.2) is 4.39 Å². The summed E-state index contributed by atoms with van der Waals surface area (Å²) in [5.74, 6) is -0.269. The van der Waals surface area contributed by atoms with E-state index in [0.717, 1.165) is 19.3 Å².